The van der Waals surface area contributed by atoms with Crippen LogP contribution in [0.15, 0.2) is 54.7 Å². The van der Waals surface area contributed by atoms with Crippen molar-refractivity contribution in [1.82, 2.24) is 15.0 Å². The van der Waals surface area contributed by atoms with Crippen molar-refractivity contribution >= 4 is 23.3 Å². The highest BCUT2D eigenvalue weighted by Gasteiger charge is 2.16. The largest absolute Gasteiger partial charge is 0.378 e. The summed E-state index contributed by atoms with van der Waals surface area (Å²) in [4.78, 5) is 16.1. The maximum absolute atomic E-state index is 5.46. The van der Waals surface area contributed by atoms with Crippen molar-refractivity contribution in [2.45, 2.75) is 0 Å². The summed E-state index contributed by atoms with van der Waals surface area (Å²) in [5.74, 6) is 2.28. The number of nitrogens with one attached hydrogen (secondary N) is 2. The molecular formula is C20H22N6O. The Morgan fingerprint density at radius 3 is 2.48 bits per heavy atom. The summed E-state index contributed by atoms with van der Waals surface area (Å²) in [6.07, 6.45) is 1.82. The molecule has 3 heterocycles. The van der Waals surface area contributed by atoms with Crippen molar-refractivity contribution in [2.24, 2.45) is 0 Å². The van der Waals surface area contributed by atoms with Gasteiger partial charge in [0.1, 0.15) is 11.6 Å². The SMILES string of the molecule is CNc1ccc(-c2cc(Nc3ccccc3)nc(N3CCOCC3)n2)cn1. The molecule has 0 atom stereocenters. The molecule has 1 aliphatic rings. The molecule has 1 aromatic carbocycles. The normalized spacial score (nSPS) is 14.0. The summed E-state index contributed by atoms with van der Waals surface area (Å²) in [5, 5.41) is 6.41. The molecule has 7 nitrogen and oxygen atoms in total. The van der Waals surface area contributed by atoms with Crippen LogP contribution in [0.2, 0.25) is 0 Å². The van der Waals surface area contributed by atoms with Crippen molar-refractivity contribution < 1.29 is 4.74 Å². The Balaban J connectivity index is 1.70. The second-order valence-electron chi connectivity index (χ2n) is 6.21. The zero-order chi connectivity index (χ0) is 18.5. The van der Waals surface area contributed by atoms with Crippen molar-refractivity contribution in [1.29, 1.82) is 0 Å². The van der Waals surface area contributed by atoms with Gasteiger partial charge >= 0.3 is 0 Å². The predicted molar refractivity (Wildman–Crippen MR) is 108 cm³/mol. The lowest BCUT2D eigenvalue weighted by Crippen LogP contribution is -2.37. The van der Waals surface area contributed by atoms with Crippen LogP contribution in [0.3, 0.4) is 0 Å². The van der Waals surface area contributed by atoms with Crippen LogP contribution in [0.25, 0.3) is 11.3 Å². The first kappa shape index (κ1) is 17.2. The first-order valence-corrected chi connectivity index (χ1v) is 9.00. The van der Waals surface area contributed by atoms with Gasteiger partial charge in [-0.15, -0.1) is 0 Å². The smallest absolute Gasteiger partial charge is 0.228 e. The van der Waals surface area contributed by atoms with E-state index in [4.69, 9.17) is 14.7 Å². The van der Waals surface area contributed by atoms with E-state index in [2.05, 4.69) is 20.5 Å². The van der Waals surface area contributed by atoms with Crippen LogP contribution in [-0.2, 0) is 4.74 Å². The zero-order valence-corrected chi connectivity index (χ0v) is 15.2. The molecule has 2 N–H and O–H groups in total. The molecule has 0 radical (unpaired) electrons. The maximum Gasteiger partial charge on any atom is 0.228 e. The third-order valence-corrected chi connectivity index (χ3v) is 4.37. The van der Waals surface area contributed by atoms with Gasteiger partial charge in [0.25, 0.3) is 0 Å². The molecule has 1 fully saturated rings. The van der Waals surface area contributed by atoms with Gasteiger partial charge in [0.2, 0.25) is 5.95 Å². The maximum atomic E-state index is 5.46. The third-order valence-electron chi connectivity index (χ3n) is 4.37. The third kappa shape index (κ3) is 4.15. The number of anilines is 4. The van der Waals surface area contributed by atoms with Crippen molar-refractivity contribution in [3.63, 3.8) is 0 Å². The van der Waals surface area contributed by atoms with Crippen LogP contribution in [0.4, 0.5) is 23.3 Å². The van der Waals surface area contributed by atoms with Crippen LogP contribution in [-0.4, -0.2) is 48.3 Å². The number of rotatable bonds is 5. The van der Waals surface area contributed by atoms with Crippen molar-refractivity contribution in [2.75, 3.05) is 48.9 Å². The number of benzene rings is 1. The molecule has 7 heteroatoms. The minimum absolute atomic E-state index is 0.688. The second-order valence-corrected chi connectivity index (χ2v) is 6.21. The van der Waals surface area contributed by atoms with Crippen LogP contribution in [0.5, 0.6) is 0 Å². The molecule has 0 bridgehead atoms. The van der Waals surface area contributed by atoms with Gasteiger partial charge in [-0.3, -0.25) is 0 Å². The van der Waals surface area contributed by atoms with Crippen LogP contribution in [0, 0.1) is 0 Å². The van der Waals surface area contributed by atoms with Gasteiger partial charge < -0.3 is 20.3 Å². The van der Waals surface area contributed by atoms with Gasteiger partial charge in [0, 0.05) is 43.7 Å². The monoisotopic (exact) mass is 362 g/mol. The highest BCUT2D eigenvalue weighted by Crippen LogP contribution is 2.25. The van der Waals surface area contributed by atoms with Crippen LogP contribution in [0.1, 0.15) is 0 Å². The number of nitrogens with zero attached hydrogens (tertiary/aromatic N) is 4. The molecule has 0 amide bonds. The number of ether oxygens (including phenoxy) is 1. The van der Waals surface area contributed by atoms with Gasteiger partial charge in [-0.1, -0.05) is 18.2 Å². The molecule has 0 saturated carbocycles. The fourth-order valence-corrected chi connectivity index (χ4v) is 2.91. The predicted octanol–water partition coefficient (Wildman–Crippen LogP) is 3.16. The van der Waals surface area contributed by atoms with Crippen LogP contribution < -0.4 is 15.5 Å². The van der Waals surface area contributed by atoms with E-state index in [1.54, 1.807) is 0 Å². The Morgan fingerprint density at radius 1 is 0.963 bits per heavy atom. The first-order valence-electron chi connectivity index (χ1n) is 9.00. The molecular weight excluding hydrogens is 340 g/mol. The molecule has 27 heavy (non-hydrogen) atoms. The van der Waals surface area contributed by atoms with E-state index in [0.717, 1.165) is 41.7 Å². The van der Waals surface area contributed by atoms with E-state index >= 15 is 0 Å². The molecule has 4 rings (SSSR count). The van der Waals surface area contributed by atoms with E-state index in [0.29, 0.717) is 19.2 Å². The minimum Gasteiger partial charge on any atom is -0.378 e. The Labute approximate surface area is 158 Å². The van der Waals surface area contributed by atoms with Gasteiger partial charge in [-0.25, -0.2) is 9.97 Å². The average molecular weight is 362 g/mol. The number of aromatic nitrogens is 3. The topological polar surface area (TPSA) is 75.2 Å². The lowest BCUT2D eigenvalue weighted by Gasteiger charge is -2.27. The van der Waals surface area contributed by atoms with Gasteiger partial charge in [0.15, 0.2) is 0 Å². The molecule has 2 aromatic heterocycles. The Morgan fingerprint density at radius 2 is 1.78 bits per heavy atom. The summed E-state index contributed by atoms with van der Waals surface area (Å²) in [6, 6.07) is 15.9. The number of hydrogen-bond donors (Lipinski definition) is 2. The molecule has 0 spiro atoms. The zero-order valence-electron chi connectivity index (χ0n) is 15.2. The van der Waals surface area contributed by atoms with Crippen molar-refractivity contribution in [3.05, 3.63) is 54.7 Å². The Hall–Kier alpha value is -3.19. The standard InChI is InChI=1S/C20H22N6O/c1-21-18-8-7-15(14-22-18)17-13-19(23-16-5-3-2-4-6-16)25-20(24-17)26-9-11-27-12-10-26/h2-8,13-14H,9-12H2,1H3,(H,21,22)(H,23,24,25). The number of hydrogen-bond acceptors (Lipinski definition) is 7. The van der Waals surface area contributed by atoms with Gasteiger partial charge in [-0.05, 0) is 24.3 Å². The lowest BCUT2D eigenvalue weighted by molar-refractivity contribution is 0.122. The van der Waals surface area contributed by atoms with E-state index in [1.165, 1.54) is 0 Å². The highest BCUT2D eigenvalue weighted by atomic mass is 16.5. The van der Waals surface area contributed by atoms with Gasteiger partial charge in [0.05, 0.1) is 18.9 Å². The molecule has 138 valence electrons. The number of pyridine rings is 1. The summed E-state index contributed by atoms with van der Waals surface area (Å²) >= 11 is 0. The number of morpholine rings is 1. The molecule has 3 aromatic rings. The Kier molecular flexibility index (Phi) is 5.11. The van der Waals surface area contributed by atoms with E-state index in [9.17, 15) is 0 Å². The molecule has 1 aliphatic heterocycles. The van der Waals surface area contributed by atoms with E-state index in [1.807, 2.05) is 61.8 Å². The van der Waals surface area contributed by atoms with Crippen LogP contribution >= 0.6 is 0 Å². The van der Waals surface area contributed by atoms with Crippen molar-refractivity contribution in [3.8, 4) is 11.3 Å². The highest BCUT2D eigenvalue weighted by molar-refractivity contribution is 5.67. The molecule has 0 aliphatic carbocycles. The van der Waals surface area contributed by atoms with E-state index < -0.39 is 0 Å². The minimum atomic E-state index is 0.688. The first-order chi connectivity index (χ1) is 13.3. The van der Waals surface area contributed by atoms with Gasteiger partial charge in [-0.2, -0.15) is 4.98 Å². The average Bonchev–Trinajstić information content (AvgIpc) is 2.75. The fraction of sp³-hybridized carbons (Fsp3) is 0.250. The number of para-hydroxylation sites is 1. The molecule has 0 unspecified atom stereocenters. The van der Waals surface area contributed by atoms with E-state index in [-0.39, 0.29) is 0 Å². The summed E-state index contributed by atoms with van der Waals surface area (Å²) in [6.45, 7) is 2.94. The fourth-order valence-electron chi connectivity index (χ4n) is 2.91. The Bertz CT molecular complexity index is 879. The summed E-state index contributed by atoms with van der Waals surface area (Å²) < 4.78 is 5.46. The second kappa shape index (κ2) is 8.01. The quantitative estimate of drug-likeness (QED) is 0.722. The lowest BCUT2D eigenvalue weighted by atomic mass is 10.2. The summed E-state index contributed by atoms with van der Waals surface area (Å²) in [7, 11) is 1.85. The molecule has 1 saturated heterocycles. The summed E-state index contributed by atoms with van der Waals surface area (Å²) in [5.41, 5.74) is 2.76.